The largest absolute Gasteiger partial charge is 0.370 e. The zero-order valence-electron chi connectivity index (χ0n) is 10.6. The molecule has 98 valence electrons. The van der Waals surface area contributed by atoms with Crippen LogP contribution < -0.4 is 10.6 Å². The first-order chi connectivity index (χ1) is 8.63. The van der Waals surface area contributed by atoms with Gasteiger partial charge in [-0.05, 0) is 19.3 Å². The summed E-state index contributed by atoms with van der Waals surface area (Å²) in [6.07, 6.45) is 2.25. The Kier molecular flexibility index (Phi) is 3.64. The molecule has 0 spiro atoms. The zero-order chi connectivity index (χ0) is 13.1. The van der Waals surface area contributed by atoms with E-state index < -0.39 is 4.92 Å². The monoisotopic (exact) mass is 250 g/mol. The smallest absolute Gasteiger partial charge is 0.276 e. The molecule has 2 unspecified atom stereocenters. The van der Waals surface area contributed by atoms with E-state index in [0.29, 0.717) is 30.1 Å². The van der Waals surface area contributed by atoms with Crippen LogP contribution in [-0.4, -0.2) is 22.5 Å². The van der Waals surface area contributed by atoms with Gasteiger partial charge in [-0.15, -0.1) is 0 Å². The number of anilines is 2. The van der Waals surface area contributed by atoms with E-state index in [1.165, 1.54) is 12.1 Å². The second-order valence-corrected chi connectivity index (χ2v) is 4.54. The summed E-state index contributed by atoms with van der Waals surface area (Å²) < 4.78 is 0. The van der Waals surface area contributed by atoms with Crippen molar-refractivity contribution in [3.8, 4) is 0 Å². The number of nitro groups is 1. The van der Waals surface area contributed by atoms with E-state index in [0.717, 1.165) is 12.8 Å². The van der Waals surface area contributed by atoms with Gasteiger partial charge < -0.3 is 10.6 Å². The van der Waals surface area contributed by atoms with Gasteiger partial charge in [-0.1, -0.05) is 13.3 Å². The summed E-state index contributed by atoms with van der Waals surface area (Å²) >= 11 is 0. The molecule has 0 aliphatic heterocycles. The zero-order valence-corrected chi connectivity index (χ0v) is 10.6. The lowest BCUT2D eigenvalue weighted by atomic mass is 10.3. The van der Waals surface area contributed by atoms with Crippen molar-refractivity contribution >= 4 is 17.3 Å². The maximum Gasteiger partial charge on any atom is 0.276 e. The van der Waals surface area contributed by atoms with Gasteiger partial charge in [0.1, 0.15) is 11.6 Å². The SMILES string of the molecule is CCNc1cc([N+](=O)[O-])cc(NC2CC2CC)n1. The minimum atomic E-state index is -0.391. The van der Waals surface area contributed by atoms with Crippen LogP contribution in [0.3, 0.4) is 0 Å². The third kappa shape index (κ3) is 2.88. The number of pyridine rings is 1. The van der Waals surface area contributed by atoms with Crippen molar-refractivity contribution in [3.63, 3.8) is 0 Å². The molecule has 2 rings (SSSR count). The minimum absolute atomic E-state index is 0.0668. The third-order valence-electron chi connectivity index (χ3n) is 3.16. The van der Waals surface area contributed by atoms with Crippen molar-refractivity contribution in [1.82, 2.24) is 4.98 Å². The highest BCUT2D eigenvalue weighted by molar-refractivity contribution is 5.55. The number of nitrogens with one attached hydrogen (secondary N) is 2. The number of nitrogens with zero attached hydrogens (tertiary/aromatic N) is 2. The van der Waals surface area contributed by atoms with Crippen LogP contribution in [0.1, 0.15) is 26.7 Å². The van der Waals surface area contributed by atoms with Crippen LogP contribution in [0.15, 0.2) is 12.1 Å². The molecule has 0 bridgehead atoms. The normalized spacial score (nSPS) is 21.4. The highest BCUT2D eigenvalue weighted by Crippen LogP contribution is 2.36. The molecule has 1 heterocycles. The molecule has 1 aromatic heterocycles. The molecule has 2 N–H and O–H groups in total. The van der Waals surface area contributed by atoms with E-state index in [1.807, 2.05) is 6.92 Å². The van der Waals surface area contributed by atoms with E-state index in [1.54, 1.807) is 0 Å². The predicted octanol–water partition coefficient (Wildman–Crippen LogP) is 2.63. The first-order valence-corrected chi connectivity index (χ1v) is 6.31. The number of hydrogen-bond acceptors (Lipinski definition) is 5. The fraction of sp³-hybridized carbons (Fsp3) is 0.583. The number of hydrogen-bond donors (Lipinski definition) is 2. The van der Waals surface area contributed by atoms with E-state index in [2.05, 4.69) is 22.5 Å². The molecule has 18 heavy (non-hydrogen) atoms. The lowest BCUT2D eigenvalue weighted by Gasteiger charge is -2.08. The summed E-state index contributed by atoms with van der Waals surface area (Å²) in [6.45, 7) is 4.77. The highest BCUT2D eigenvalue weighted by atomic mass is 16.6. The first kappa shape index (κ1) is 12.6. The van der Waals surface area contributed by atoms with Crippen LogP contribution in [0.2, 0.25) is 0 Å². The fourth-order valence-corrected chi connectivity index (χ4v) is 2.03. The lowest BCUT2D eigenvalue weighted by Crippen LogP contribution is -2.08. The average Bonchev–Trinajstić information content (AvgIpc) is 3.07. The summed E-state index contributed by atoms with van der Waals surface area (Å²) in [6, 6.07) is 3.36. The van der Waals surface area contributed by atoms with Crippen molar-refractivity contribution < 1.29 is 4.92 Å². The second kappa shape index (κ2) is 5.20. The van der Waals surface area contributed by atoms with E-state index in [-0.39, 0.29) is 5.69 Å². The fourth-order valence-electron chi connectivity index (χ4n) is 2.03. The van der Waals surface area contributed by atoms with Crippen LogP contribution in [0, 0.1) is 16.0 Å². The summed E-state index contributed by atoms with van der Waals surface area (Å²) in [4.78, 5) is 14.8. The van der Waals surface area contributed by atoms with Crippen LogP contribution in [0.25, 0.3) is 0 Å². The molecular formula is C12H18N4O2. The Balaban J connectivity index is 2.15. The van der Waals surface area contributed by atoms with Gasteiger partial charge in [0, 0.05) is 12.6 Å². The Labute approximate surface area is 106 Å². The predicted molar refractivity (Wildman–Crippen MR) is 70.9 cm³/mol. The Morgan fingerprint density at radius 3 is 2.72 bits per heavy atom. The third-order valence-corrected chi connectivity index (χ3v) is 3.16. The number of aromatic nitrogens is 1. The Hall–Kier alpha value is -1.85. The van der Waals surface area contributed by atoms with Crippen LogP contribution >= 0.6 is 0 Å². The summed E-state index contributed by atoms with van der Waals surface area (Å²) in [5.74, 6) is 1.80. The average molecular weight is 250 g/mol. The van der Waals surface area contributed by atoms with Gasteiger partial charge in [0.15, 0.2) is 0 Å². The van der Waals surface area contributed by atoms with Crippen molar-refractivity contribution in [3.05, 3.63) is 22.2 Å². The Morgan fingerprint density at radius 2 is 2.17 bits per heavy atom. The Morgan fingerprint density at radius 1 is 1.44 bits per heavy atom. The molecule has 1 aromatic rings. The van der Waals surface area contributed by atoms with E-state index >= 15 is 0 Å². The first-order valence-electron chi connectivity index (χ1n) is 6.31. The van der Waals surface area contributed by atoms with Gasteiger partial charge >= 0.3 is 0 Å². The van der Waals surface area contributed by atoms with Gasteiger partial charge in [0.2, 0.25) is 0 Å². The molecule has 0 radical (unpaired) electrons. The summed E-state index contributed by atoms with van der Waals surface area (Å²) in [5, 5.41) is 17.1. The molecular weight excluding hydrogens is 232 g/mol. The molecule has 6 nitrogen and oxygen atoms in total. The van der Waals surface area contributed by atoms with Crippen molar-refractivity contribution in [1.29, 1.82) is 0 Å². The summed E-state index contributed by atoms with van der Waals surface area (Å²) in [7, 11) is 0. The van der Waals surface area contributed by atoms with Gasteiger partial charge in [-0.3, -0.25) is 10.1 Å². The lowest BCUT2D eigenvalue weighted by molar-refractivity contribution is -0.384. The number of rotatable bonds is 6. The van der Waals surface area contributed by atoms with Gasteiger partial charge in [0.05, 0.1) is 17.1 Å². The molecule has 0 aromatic carbocycles. The van der Waals surface area contributed by atoms with E-state index in [9.17, 15) is 10.1 Å². The topological polar surface area (TPSA) is 80.1 Å². The van der Waals surface area contributed by atoms with Gasteiger partial charge in [-0.25, -0.2) is 4.98 Å². The van der Waals surface area contributed by atoms with Crippen molar-refractivity contribution in [2.45, 2.75) is 32.7 Å². The van der Waals surface area contributed by atoms with Crippen LogP contribution in [-0.2, 0) is 0 Å². The molecule has 1 saturated carbocycles. The summed E-state index contributed by atoms with van der Waals surface area (Å²) in [5.41, 5.74) is 0.0668. The maximum atomic E-state index is 10.9. The molecule has 1 aliphatic rings. The van der Waals surface area contributed by atoms with Gasteiger partial charge in [0.25, 0.3) is 5.69 Å². The van der Waals surface area contributed by atoms with Crippen molar-refractivity contribution in [2.75, 3.05) is 17.2 Å². The Bertz CT molecular complexity index is 450. The standard InChI is InChI=1S/C12H18N4O2/c1-3-8-5-10(8)14-12-7-9(16(17)18)6-11(15-12)13-4-2/h6-8,10H,3-5H2,1-2H3,(H2,13,14,15). The molecule has 0 amide bonds. The van der Waals surface area contributed by atoms with Gasteiger partial charge in [-0.2, -0.15) is 0 Å². The maximum absolute atomic E-state index is 10.9. The second-order valence-electron chi connectivity index (χ2n) is 4.54. The highest BCUT2D eigenvalue weighted by Gasteiger charge is 2.35. The molecule has 2 atom stereocenters. The van der Waals surface area contributed by atoms with Crippen molar-refractivity contribution in [2.24, 2.45) is 5.92 Å². The molecule has 6 heteroatoms. The minimum Gasteiger partial charge on any atom is -0.370 e. The molecule has 1 fully saturated rings. The van der Waals surface area contributed by atoms with Crippen LogP contribution in [0.4, 0.5) is 17.3 Å². The van der Waals surface area contributed by atoms with E-state index in [4.69, 9.17) is 0 Å². The quantitative estimate of drug-likeness (QED) is 0.599. The molecule has 0 saturated heterocycles. The molecule has 1 aliphatic carbocycles. The van der Waals surface area contributed by atoms with Crippen LogP contribution in [0.5, 0.6) is 0 Å².